The Hall–Kier alpha value is -3.41. The standard InChI is InChI=1S/C20H20N4O2/c1-13-4-9-17(14(2)12-13)21-18-10-11-19(24-23-18)22-20(25)15-5-7-16(26-3)8-6-15/h4-12H,1-3H3,(H,21,23)(H,22,24,25). The van der Waals surface area contributed by atoms with Crippen molar-refractivity contribution >= 4 is 23.2 Å². The molecule has 2 aromatic carbocycles. The van der Waals surface area contributed by atoms with Gasteiger partial charge in [-0.3, -0.25) is 4.79 Å². The lowest BCUT2D eigenvalue weighted by Gasteiger charge is -2.10. The Kier molecular flexibility index (Phi) is 5.12. The minimum Gasteiger partial charge on any atom is -0.497 e. The van der Waals surface area contributed by atoms with Crippen LogP contribution in [0.4, 0.5) is 17.3 Å². The summed E-state index contributed by atoms with van der Waals surface area (Å²) in [5.41, 5.74) is 3.82. The van der Waals surface area contributed by atoms with Crippen LogP contribution in [0.1, 0.15) is 21.5 Å². The monoisotopic (exact) mass is 348 g/mol. The number of benzene rings is 2. The van der Waals surface area contributed by atoms with E-state index in [0.29, 0.717) is 22.9 Å². The lowest BCUT2D eigenvalue weighted by atomic mass is 10.1. The fourth-order valence-electron chi connectivity index (χ4n) is 2.49. The van der Waals surface area contributed by atoms with Gasteiger partial charge in [0.15, 0.2) is 11.6 Å². The Balaban J connectivity index is 1.66. The van der Waals surface area contributed by atoms with Crippen molar-refractivity contribution in [3.8, 4) is 5.75 Å². The molecule has 2 N–H and O–H groups in total. The summed E-state index contributed by atoms with van der Waals surface area (Å²) in [4.78, 5) is 12.2. The molecule has 1 aromatic heterocycles. The number of carbonyl (C=O) groups is 1. The summed E-state index contributed by atoms with van der Waals surface area (Å²) in [6, 6.07) is 16.5. The third kappa shape index (κ3) is 4.16. The Bertz CT molecular complexity index is 906. The highest BCUT2D eigenvalue weighted by Crippen LogP contribution is 2.20. The molecule has 132 valence electrons. The van der Waals surface area contributed by atoms with E-state index in [1.165, 1.54) is 5.56 Å². The van der Waals surface area contributed by atoms with E-state index in [1.54, 1.807) is 43.5 Å². The summed E-state index contributed by atoms with van der Waals surface area (Å²) >= 11 is 0. The smallest absolute Gasteiger partial charge is 0.256 e. The number of nitrogens with zero attached hydrogens (tertiary/aromatic N) is 2. The van der Waals surface area contributed by atoms with Gasteiger partial charge in [-0.2, -0.15) is 0 Å². The minimum absolute atomic E-state index is 0.253. The lowest BCUT2D eigenvalue weighted by molar-refractivity contribution is 0.102. The normalized spacial score (nSPS) is 10.3. The summed E-state index contributed by atoms with van der Waals surface area (Å²) in [5, 5.41) is 14.1. The van der Waals surface area contributed by atoms with Gasteiger partial charge in [0.05, 0.1) is 7.11 Å². The first-order chi connectivity index (χ1) is 12.5. The van der Waals surface area contributed by atoms with E-state index < -0.39 is 0 Å². The fourth-order valence-corrected chi connectivity index (χ4v) is 2.49. The van der Waals surface area contributed by atoms with Gasteiger partial charge in [-0.05, 0) is 61.9 Å². The molecule has 0 saturated carbocycles. The summed E-state index contributed by atoms with van der Waals surface area (Å²) in [6.45, 7) is 4.09. The highest BCUT2D eigenvalue weighted by atomic mass is 16.5. The lowest BCUT2D eigenvalue weighted by Crippen LogP contribution is -2.13. The van der Waals surface area contributed by atoms with E-state index in [2.05, 4.69) is 33.8 Å². The van der Waals surface area contributed by atoms with Crippen LogP contribution in [0.2, 0.25) is 0 Å². The molecule has 0 spiro atoms. The molecule has 0 aliphatic heterocycles. The Labute approximate surface area is 152 Å². The third-order valence-corrected chi connectivity index (χ3v) is 3.90. The summed E-state index contributed by atoms with van der Waals surface area (Å²) in [6.07, 6.45) is 0. The first-order valence-corrected chi connectivity index (χ1v) is 8.18. The van der Waals surface area contributed by atoms with Gasteiger partial charge >= 0.3 is 0 Å². The van der Waals surface area contributed by atoms with E-state index in [4.69, 9.17) is 4.74 Å². The molecule has 0 radical (unpaired) electrons. The zero-order valence-corrected chi connectivity index (χ0v) is 14.9. The number of anilines is 3. The maximum atomic E-state index is 12.2. The van der Waals surface area contributed by atoms with E-state index in [0.717, 1.165) is 11.3 Å². The van der Waals surface area contributed by atoms with E-state index >= 15 is 0 Å². The molecule has 0 bridgehead atoms. The van der Waals surface area contributed by atoms with Gasteiger partial charge < -0.3 is 15.4 Å². The average Bonchev–Trinajstić information content (AvgIpc) is 2.65. The molecular weight excluding hydrogens is 328 g/mol. The largest absolute Gasteiger partial charge is 0.497 e. The molecule has 26 heavy (non-hydrogen) atoms. The van der Waals surface area contributed by atoms with Gasteiger partial charge in [0.1, 0.15) is 5.75 Å². The SMILES string of the molecule is COc1ccc(C(=O)Nc2ccc(Nc3ccc(C)cc3C)nn2)cc1. The number of hydrogen-bond donors (Lipinski definition) is 2. The van der Waals surface area contributed by atoms with Gasteiger partial charge in [-0.1, -0.05) is 17.7 Å². The quantitative estimate of drug-likeness (QED) is 0.726. The first kappa shape index (κ1) is 17.4. The molecule has 0 aliphatic carbocycles. The van der Waals surface area contributed by atoms with Crippen molar-refractivity contribution in [2.45, 2.75) is 13.8 Å². The minimum atomic E-state index is -0.253. The molecule has 3 aromatic rings. The maximum absolute atomic E-state index is 12.2. The van der Waals surface area contributed by atoms with Gasteiger partial charge in [0.2, 0.25) is 0 Å². The number of aryl methyl sites for hydroxylation is 2. The summed E-state index contributed by atoms with van der Waals surface area (Å²) in [5.74, 6) is 1.44. The number of ether oxygens (including phenoxy) is 1. The summed E-state index contributed by atoms with van der Waals surface area (Å²) < 4.78 is 5.08. The number of methoxy groups -OCH3 is 1. The van der Waals surface area contributed by atoms with Crippen LogP contribution in [-0.2, 0) is 0 Å². The van der Waals surface area contributed by atoms with Gasteiger partial charge in [-0.25, -0.2) is 0 Å². The molecule has 0 atom stereocenters. The second-order valence-corrected chi connectivity index (χ2v) is 5.93. The molecule has 6 nitrogen and oxygen atoms in total. The Morgan fingerprint density at radius 1 is 0.923 bits per heavy atom. The van der Waals surface area contributed by atoms with Crippen LogP contribution < -0.4 is 15.4 Å². The van der Waals surface area contributed by atoms with Crippen molar-refractivity contribution in [1.82, 2.24) is 10.2 Å². The predicted molar refractivity (Wildman–Crippen MR) is 102 cm³/mol. The number of aromatic nitrogens is 2. The van der Waals surface area contributed by atoms with E-state index in [-0.39, 0.29) is 5.91 Å². The highest BCUT2D eigenvalue weighted by molar-refractivity contribution is 6.03. The molecule has 0 aliphatic rings. The molecular formula is C20H20N4O2. The second-order valence-electron chi connectivity index (χ2n) is 5.93. The van der Waals surface area contributed by atoms with E-state index in [9.17, 15) is 4.79 Å². The third-order valence-electron chi connectivity index (χ3n) is 3.90. The molecule has 3 rings (SSSR count). The maximum Gasteiger partial charge on any atom is 0.256 e. The van der Waals surface area contributed by atoms with Crippen molar-refractivity contribution in [1.29, 1.82) is 0 Å². The number of rotatable bonds is 5. The number of hydrogen-bond acceptors (Lipinski definition) is 5. The van der Waals surface area contributed by atoms with Crippen LogP contribution in [-0.4, -0.2) is 23.2 Å². The number of amides is 1. The van der Waals surface area contributed by atoms with Gasteiger partial charge in [-0.15, -0.1) is 10.2 Å². The zero-order valence-electron chi connectivity index (χ0n) is 14.9. The molecule has 6 heteroatoms. The van der Waals surface area contributed by atoms with Crippen molar-refractivity contribution in [3.05, 3.63) is 71.3 Å². The fraction of sp³-hybridized carbons (Fsp3) is 0.150. The van der Waals surface area contributed by atoms with Crippen LogP contribution >= 0.6 is 0 Å². The molecule has 0 saturated heterocycles. The van der Waals surface area contributed by atoms with Crippen molar-refractivity contribution in [3.63, 3.8) is 0 Å². The number of carbonyl (C=O) groups excluding carboxylic acids is 1. The Morgan fingerprint density at radius 3 is 2.23 bits per heavy atom. The Morgan fingerprint density at radius 2 is 1.62 bits per heavy atom. The van der Waals surface area contributed by atoms with Crippen LogP contribution in [0, 0.1) is 13.8 Å². The van der Waals surface area contributed by atoms with Crippen LogP contribution in [0.5, 0.6) is 5.75 Å². The molecule has 0 unspecified atom stereocenters. The van der Waals surface area contributed by atoms with Crippen molar-refractivity contribution in [2.75, 3.05) is 17.7 Å². The van der Waals surface area contributed by atoms with Crippen LogP contribution in [0.3, 0.4) is 0 Å². The molecule has 1 heterocycles. The van der Waals surface area contributed by atoms with Crippen LogP contribution in [0.25, 0.3) is 0 Å². The van der Waals surface area contributed by atoms with Gasteiger partial charge in [0, 0.05) is 11.3 Å². The topological polar surface area (TPSA) is 76.1 Å². The first-order valence-electron chi connectivity index (χ1n) is 8.18. The van der Waals surface area contributed by atoms with Crippen molar-refractivity contribution in [2.24, 2.45) is 0 Å². The second kappa shape index (κ2) is 7.65. The zero-order chi connectivity index (χ0) is 18.5. The van der Waals surface area contributed by atoms with E-state index in [1.807, 2.05) is 19.1 Å². The molecule has 0 fully saturated rings. The number of nitrogens with one attached hydrogen (secondary N) is 2. The summed E-state index contributed by atoms with van der Waals surface area (Å²) in [7, 11) is 1.58. The predicted octanol–water partition coefficient (Wildman–Crippen LogP) is 4.10. The van der Waals surface area contributed by atoms with Gasteiger partial charge in [0.25, 0.3) is 5.91 Å². The average molecular weight is 348 g/mol. The highest BCUT2D eigenvalue weighted by Gasteiger charge is 2.08. The van der Waals surface area contributed by atoms with Crippen molar-refractivity contribution < 1.29 is 9.53 Å². The molecule has 1 amide bonds. The van der Waals surface area contributed by atoms with Crippen LogP contribution in [0.15, 0.2) is 54.6 Å².